The number of pyridine rings is 1. The Morgan fingerprint density at radius 2 is 1.88 bits per heavy atom. The summed E-state index contributed by atoms with van der Waals surface area (Å²) in [6, 6.07) is 6.05. The molecule has 4 heterocycles. The number of rotatable bonds is 7. The van der Waals surface area contributed by atoms with Gasteiger partial charge in [-0.05, 0) is 48.2 Å². The molecule has 3 aromatic rings. The lowest BCUT2D eigenvalue weighted by molar-refractivity contribution is 0.0659. The van der Waals surface area contributed by atoms with Gasteiger partial charge < -0.3 is 19.2 Å². The maximum Gasteiger partial charge on any atom is 0.252 e. The monoisotopic (exact) mass is 466 g/mol. The second-order valence-corrected chi connectivity index (χ2v) is 9.55. The van der Waals surface area contributed by atoms with E-state index in [2.05, 4.69) is 25.4 Å². The van der Waals surface area contributed by atoms with E-state index in [4.69, 9.17) is 14.2 Å². The second-order valence-electron chi connectivity index (χ2n) is 9.55. The van der Waals surface area contributed by atoms with Crippen molar-refractivity contribution in [2.75, 3.05) is 19.9 Å². The standard InChI is InChI=1S/C24H30N6O4/c31-24-17(9-16-10-21-22(34-15-33-21)11-20(16)25-24)12-29(13-19-7-4-8-32-19)14-23-26-27-28-30(23)18-5-2-1-3-6-18/h9-11,18-19H,1-8,12-15H2,(H,25,31). The van der Waals surface area contributed by atoms with Gasteiger partial charge in [0.1, 0.15) is 0 Å². The fourth-order valence-corrected chi connectivity index (χ4v) is 5.39. The van der Waals surface area contributed by atoms with Crippen LogP contribution in [0.15, 0.2) is 23.0 Å². The van der Waals surface area contributed by atoms with E-state index in [1.165, 1.54) is 19.3 Å². The number of fused-ring (bicyclic) bond motifs is 2. The van der Waals surface area contributed by atoms with Gasteiger partial charge in [-0.15, -0.1) is 5.10 Å². The van der Waals surface area contributed by atoms with Gasteiger partial charge in [-0.1, -0.05) is 19.3 Å². The van der Waals surface area contributed by atoms with E-state index in [1.807, 2.05) is 22.9 Å². The number of nitrogens with zero attached hydrogens (tertiary/aromatic N) is 5. The predicted molar refractivity (Wildman–Crippen MR) is 124 cm³/mol. The highest BCUT2D eigenvalue weighted by atomic mass is 16.7. The molecule has 2 aliphatic heterocycles. The third-order valence-electron chi connectivity index (χ3n) is 7.14. The number of hydrogen-bond acceptors (Lipinski definition) is 8. The van der Waals surface area contributed by atoms with Crippen LogP contribution in [0.4, 0.5) is 0 Å². The van der Waals surface area contributed by atoms with Crippen LogP contribution in [0.2, 0.25) is 0 Å². The molecule has 180 valence electrons. The molecule has 2 aromatic heterocycles. The van der Waals surface area contributed by atoms with Crippen molar-refractivity contribution in [3.63, 3.8) is 0 Å². The zero-order chi connectivity index (χ0) is 22.9. The van der Waals surface area contributed by atoms with Crippen molar-refractivity contribution < 1.29 is 14.2 Å². The Morgan fingerprint density at radius 3 is 2.71 bits per heavy atom. The topological polar surface area (TPSA) is 107 Å². The summed E-state index contributed by atoms with van der Waals surface area (Å²) in [6.07, 6.45) is 8.21. The predicted octanol–water partition coefficient (Wildman–Crippen LogP) is 2.93. The molecule has 1 saturated carbocycles. The number of ether oxygens (including phenoxy) is 3. The molecule has 10 heteroatoms. The summed E-state index contributed by atoms with van der Waals surface area (Å²) < 4.78 is 18.9. The lowest BCUT2D eigenvalue weighted by Crippen LogP contribution is -2.34. The molecule has 0 amide bonds. The van der Waals surface area contributed by atoms with E-state index in [1.54, 1.807) is 0 Å². The minimum atomic E-state index is -0.101. The molecule has 1 aromatic carbocycles. The average molecular weight is 467 g/mol. The first-order chi connectivity index (χ1) is 16.7. The average Bonchev–Trinajstić information content (AvgIpc) is 3.61. The van der Waals surface area contributed by atoms with Crippen molar-refractivity contribution >= 4 is 10.9 Å². The summed E-state index contributed by atoms with van der Waals surface area (Å²) in [5.74, 6) is 2.21. The van der Waals surface area contributed by atoms with E-state index < -0.39 is 0 Å². The van der Waals surface area contributed by atoms with Crippen molar-refractivity contribution in [3.05, 3.63) is 39.9 Å². The zero-order valence-corrected chi connectivity index (χ0v) is 19.2. The molecule has 3 aliphatic rings. The molecule has 2 fully saturated rings. The summed E-state index contributed by atoms with van der Waals surface area (Å²) in [6.45, 7) is 2.78. The van der Waals surface area contributed by atoms with Gasteiger partial charge in [0.2, 0.25) is 6.79 Å². The van der Waals surface area contributed by atoms with Crippen molar-refractivity contribution in [1.82, 2.24) is 30.1 Å². The SMILES string of the molecule is O=c1[nH]c2cc3c(cc2cc1CN(Cc1nnnn1C1CCCCC1)CC1CCCO1)OCO3. The third-order valence-corrected chi connectivity index (χ3v) is 7.14. The van der Waals surface area contributed by atoms with Gasteiger partial charge >= 0.3 is 0 Å². The normalized spacial score (nSPS) is 20.6. The van der Waals surface area contributed by atoms with Crippen molar-refractivity contribution in [1.29, 1.82) is 0 Å². The van der Waals surface area contributed by atoms with Gasteiger partial charge in [0, 0.05) is 36.7 Å². The maximum absolute atomic E-state index is 13.0. The fourth-order valence-electron chi connectivity index (χ4n) is 5.39. The number of nitrogens with one attached hydrogen (secondary N) is 1. The molecule has 0 bridgehead atoms. The highest BCUT2D eigenvalue weighted by molar-refractivity contribution is 5.83. The van der Waals surface area contributed by atoms with E-state index in [0.29, 0.717) is 36.2 Å². The molecule has 1 atom stereocenters. The first-order valence-electron chi connectivity index (χ1n) is 12.3. The zero-order valence-electron chi connectivity index (χ0n) is 19.2. The van der Waals surface area contributed by atoms with Crippen LogP contribution in [0.5, 0.6) is 11.5 Å². The first-order valence-corrected chi connectivity index (χ1v) is 12.3. The number of H-pyrrole nitrogens is 1. The Balaban J connectivity index is 1.27. The Kier molecular flexibility index (Phi) is 5.92. The lowest BCUT2D eigenvalue weighted by atomic mass is 9.95. The molecule has 6 rings (SSSR count). The van der Waals surface area contributed by atoms with Crippen molar-refractivity contribution in [3.8, 4) is 11.5 Å². The van der Waals surface area contributed by atoms with Crippen LogP contribution in [0.3, 0.4) is 0 Å². The third kappa shape index (κ3) is 4.39. The second kappa shape index (κ2) is 9.34. The molecule has 1 unspecified atom stereocenters. The lowest BCUT2D eigenvalue weighted by Gasteiger charge is -2.27. The van der Waals surface area contributed by atoms with Crippen LogP contribution in [0.25, 0.3) is 10.9 Å². The molecular formula is C24H30N6O4. The van der Waals surface area contributed by atoms with Crippen LogP contribution in [0.1, 0.15) is 62.4 Å². The minimum Gasteiger partial charge on any atom is -0.454 e. The van der Waals surface area contributed by atoms with E-state index >= 15 is 0 Å². The molecule has 34 heavy (non-hydrogen) atoms. The Bertz CT molecular complexity index is 1210. The molecule has 0 radical (unpaired) electrons. The molecule has 1 aliphatic carbocycles. The molecule has 1 saturated heterocycles. The summed E-state index contributed by atoms with van der Waals surface area (Å²) in [4.78, 5) is 18.2. The smallest absolute Gasteiger partial charge is 0.252 e. The highest BCUT2D eigenvalue weighted by Gasteiger charge is 2.25. The van der Waals surface area contributed by atoms with Gasteiger partial charge in [-0.2, -0.15) is 0 Å². The van der Waals surface area contributed by atoms with Crippen LogP contribution < -0.4 is 15.0 Å². The summed E-state index contributed by atoms with van der Waals surface area (Å²) >= 11 is 0. The Morgan fingerprint density at radius 1 is 1.03 bits per heavy atom. The summed E-state index contributed by atoms with van der Waals surface area (Å²) in [5, 5.41) is 13.6. The quantitative estimate of drug-likeness (QED) is 0.566. The van der Waals surface area contributed by atoms with Crippen molar-refractivity contribution in [2.24, 2.45) is 0 Å². The van der Waals surface area contributed by atoms with Gasteiger partial charge in [0.05, 0.1) is 24.2 Å². The number of aromatic amines is 1. The Hall–Kier alpha value is -2.98. The largest absolute Gasteiger partial charge is 0.454 e. The number of hydrogen-bond donors (Lipinski definition) is 1. The van der Waals surface area contributed by atoms with Gasteiger partial charge in [-0.25, -0.2) is 4.68 Å². The van der Waals surface area contributed by atoms with Gasteiger partial charge in [0.15, 0.2) is 17.3 Å². The molecule has 1 N–H and O–H groups in total. The van der Waals surface area contributed by atoms with Crippen LogP contribution in [0, 0.1) is 0 Å². The number of tetrazole rings is 1. The van der Waals surface area contributed by atoms with Gasteiger partial charge in [-0.3, -0.25) is 9.69 Å². The first kappa shape index (κ1) is 21.5. The Labute approximate surface area is 197 Å². The molecule has 10 nitrogen and oxygen atoms in total. The minimum absolute atomic E-state index is 0.101. The van der Waals surface area contributed by atoms with Gasteiger partial charge in [0.25, 0.3) is 5.56 Å². The maximum atomic E-state index is 13.0. The van der Waals surface area contributed by atoms with Crippen LogP contribution in [-0.4, -0.2) is 56.1 Å². The van der Waals surface area contributed by atoms with E-state index in [9.17, 15) is 4.79 Å². The summed E-state index contributed by atoms with van der Waals surface area (Å²) in [7, 11) is 0. The van der Waals surface area contributed by atoms with Crippen molar-refractivity contribution in [2.45, 2.75) is 70.2 Å². The van der Waals surface area contributed by atoms with E-state index in [0.717, 1.165) is 55.6 Å². The fraction of sp³-hybridized carbons (Fsp3) is 0.583. The van der Waals surface area contributed by atoms with Crippen LogP contribution >= 0.6 is 0 Å². The highest BCUT2D eigenvalue weighted by Crippen LogP contribution is 2.35. The number of benzene rings is 1. The molecular weight excluding hydrogens is 436 g/mol. The molecule has 0 spiro atoms. The summed E-state index contributed by atoms with van der Waals surface area (Å²) in [5.41, 5.74) is 1.33. The van der Waals surface area contributed by atoms with Crippen LogP contribution in [-0.2, 0) is 17.8 Å². The van der Waals surface area contributed by atoms with E-state index in [-0.39, 0.29) is 18.5 Å². The number of aromatic nitrogens is 5.